The molecule has 0 radical (unpaired) electrons. The summed E-state index contributed by atoms with van der Waals surface area (Å²) in [6, 6.07) is 11.1. The molecule has 0 heterocycles. The van der Waals surface area contributed by atoms with Crippen LogP contribution in [-0.4, -0.2) is 5.11 Å². The van der Waals surface area contributed by atoms with Crippen molar-refractivity contribution in [3.63, 3.8) is 0 Å². The first-order valence-electron chi connectivity index (χ1n) is 5.70. The first kappa shape index (κ1) is 13.4. The van der Waals surface area contributed by atoms with Gasteiger partial charge in [0.05, 0.1) is 0 Å². The fourth-order valence-electron chi connectivity index (χ4n) is 2.06. The van der Waals surface area contributed by atoms with E-state index in [2.05, 4.69) is 0 Å². The summed E-state index contributed by atoms with van der Waals surface area (Å²) in [5, 5.41) is 11.4. The van der Waals surface area contributed by atoms with E-state index in [1.54, 1.807) is 18.2 Å². The van der Waals surface area contributed by atoms with Gasteiger partial charge in [0.15, 0.2) is 0 Å². The van der Waals surface area contributed by atoms with Crippen LogP contribution in [-0.2, 0) is 0 Å². The van der Waals surface area contributed by atoms with Crippen molar-refractivity contribution in [1.82, 2.24) is 0 Å². The first-order chi connectivity index (χ1) is 8.50. The second kappa shape index (κ2) is 5.31. The highest BCUT2D eigenvalue weighted by atomic mass is 35.5. The van der Waals surface area contributed by atoms with E-state index in [0.29, 0.717) is 15.6 Å². The number of aliphatic hydroxyl groups is 1. The van der Waals surface area contributed by atoms with E-state index in [-0.39, 0.29) is 0 Å². The van der Waals surface area contributed by atoms with Gasteiger partial charge in [0.2, 0.25) is 0 Å². The largest absolute Gasteiger partial charge is 0.384 e. The van der Waals surface area contributed by atoms with Crippen LogP contribution in [0.1, 0.15) is 28.4 Å². The minimum Gasteiger partial charge on any atom is -0.384 e. The Labute approximate surface area is 117 Å². The van der Waals surface area contributed by atoms with E-state index >= 15 is 0 Å². The monoisotopic (exact) mass is 280 g/mol. The van der Waals surface area contributed by atoms with Gasteiger partial charge in [-0.2, -0.15) is 0 Å². The predicted octanol–water partition coefficient (Wildman–Crippen LogP) is 4.69. The third-order valence-electron chi connectivity index (χ3n) is 2.99. The molecule has 18 heavy (non-hydrogen) atoms. The molecule has 2 rings (SSSR count). The molecule has 94 valence electrons. The van der Waals surface area contributed by atoms with E-state index < -0.39 is 6.10 Å². The molecule has 0 fully saturated rings. The summed E-state index contributed by atoms with van der Waals surface area (Å²) in [4.78, 5) is 0. The minimum absolute atomic E-state index is 0.481. The lowest BCUT2D eigenvalue weighted by Gasteiger charge is -2.17. The molecule has 0 aliphatic rings. The lowest BCUT2D eigenvalue weighted by atomic mass is 9.96. The van der Waals surface area contributed by atoms with Crippen molar-refractivity contribution in [2.75, 3.05) is 0 Å². The fourth-order valence-corrected chi connectivity index (χ4v) is 2.66. The van der Waals surface area contributed by atoms with Gasteiger partial charge in [-0.05, 0) is 37.1 Å². The second-order valence-corrected chi connectivity index (χ2v) is 5.21. The summed E-state index contributed by atoms with van der Waals surface area (Å²) in [6.45, 7) is 3.99. The Morgan fingerprint density at radius 1 is 1.00 bits per heavy atom. The molecule has 0 saturated heterocycles. The van der Waals surface area contributed by atoms with E-state index in [0.717, 1.165) is 16.7 Å². The minimum atomic E-state index is -0.799. The van der Waals surface area contributed by atoms with Crippen LogP contribution in [0.25, 0.3) is 0 Å². The van der Waals surface area contributed by atoms with Gasteiger partial charge in [-0.3, -0.25) is 0 Å². The van der Waals surface area contributed by atoms with Crippen LogP contribution in [0.4, 0.5) is 0 Å². The highest BCUT2D eigenvalue weighted by Crippen LogP contribution is 2.35. The van der Waals surface area contributed by atoms with Crippen LogP contribution in [0.2, 0.25) is 10.0 Å². The van der Waals surface area contributed by atoms with Gasteiger partial charge >= 0.3 is 0 Å². The van der Waals surface area contributed by atoms with E-state index in [9.17, 15) is 5.11 Å². The zero-order chi connectivity index (χ0) is 13.3. The number of aliphatic hydroxyl groups excluding tert-OH is 1. The summed E-state index contributed by atoms with van der Waals surface area (Å²) >= 11 is 12.2. The van der Waals surface area contributed by atoms with Crippen molar-refractivity contribution in [2.45, 2.75) is 20.0 Å². The topological polar surface area (TPSA) is 20.2 Å². The van der Waals surface area contributed by atoms with E-state index in [4.69, 9.17) is 23.2 Å². The Morgan fingerprint density at radius 3 is 2.17 bits per heavy atom. The molecular weight excluding hydrogens is 267 g/mol. The molecule has 3 heteroatoms. The van der Waals surface area contributed by atoms with Gasteiger partial charge in [0, 0.05) is 15.6 Å². The van der Waals surface area contributed by atoms with Crippen molar-refractivity contribution in [2.24, 2.45) is 0 Å². The summed E-state index contributed by atoms with van der Waals surface area (Å²) in [7, 11) is 0. The van der Waals surface area contributed by atoms with Crippen molar-refractivity contribution >= 4 is 23.2 Å². The maximum atomic E-state index is 10.5. The van der Waals surface area contributed by atoms with Crippen LogP contribution >= 0.6 is 23.2 Å². The quantitative estimate of drug-likeness (QED) is 0.846. The van der Waals surface area contributed by atoms with Gasteiger partial charge in [0.25, 0.3) is 0 Å². The molecule has 0 saturated carbocycles. The van der Waals surface area contributed by atoms with Crippen LogP contribution in [0.3, 0.4) is 0 Å². The molecule has 1 atom stereocenters. The van der Waals surface area contributed by atoms with Crippen LogP contribution in [0, 0.1) is 13.8 Å². The number of benzene rings is 2. The number of rotatable bonds is 2. The summed E-state index contributed by atoms with van der Waals surface area (Å²) in [6.07, 6.45) is -0.799. The Hall–Kier alpha value is -1.02. The van der Waals surface area contributed by atoms with Crippen molar-refractivity contribution in [3.8, 4) is 0 Å². The van der Waals surface area contributed by atoms with E-state index in [1.807, 2.05) is 32.0 Å². The van der Waals surface area contributed by atoms with Crippen molar-refractivity contribution in [1.29, 1.82) is 0 Å². The van der Waals surface area contributed by atoms with Gasteiger partial charge in [-0.1, -0.05) is 53.0 Å². The third kappa shape index (κ3) is 2.54. The van der Waals surface area contributed by atoms with Crippen LogP contribution in [0.5, 0.6) is 0 Å². The first-order valence-corrected chi connectivity index (χ1v) is 6.45. The normalized spacial score (nSPS) is 12.5. The molecule has 1 unspecified atom stereocenters. The number of aryl methyl sites for hydroxylation is 2. The Balaban J connectivity index is 2.51. The molecule has 0 aliphatic carbocycles. The highest BCUT2D eigenvalue weighted by molar-refractivity contribution is 6.36. The number of hydrogen-bond acceptors (Lipinski definition) is 1. The average molecular weight is 281 g/mol. The average Bonchev–Trinajstić information content (AvgIpc) is 2.28. The molecule has 0 aromatic heterocycles. The lowest BCUT2D eigenvalue weighted by Crippen LogP contribution is -2.04. The third-order valence-corrected chi connectivity index (χ3v) is 3.65. The Morgan fingerprint density at radius 2 is 1.61 bits per heavy atom. The van der Waals surface area contributed by atoms with Crippen LogP contribution < -0.4 is 0 Å². The smallest absolute Gasteiger partial charge is 0.107 e. The molecule has 1 nitrogen and oxygen atoms in total. The Kier molecular flexibility index (Phi) is 3.96. The number of halogens is 2. The summed E-state index contributed by atoms with van der Waals surface area (Å²) in [5.41, 5.74) is 3.58. The lowest BCUT2D eigenvalue weighted by molar-refractivity contribution is 0.220. The molecule has 1 N–H and O–H groups in total. The molecule has 0 spiro atoms. The van der Waals surface area contributed by atoms with Crippen molar-refractivity contribution < 1.29 is 5.11 Å². The zero-order valence-corrected chi connectivity index (χ0v) is 11.8. The van der Waals surface area contributed by atoms with Gasteiger partial charge in [0.1, 0.15) is 6.10 Å². The molecule has 0 aliphatic heterocycles. The molecular formula is C15H14Cl2O. The van der Waals surface area contributed by atoms with Gasteiger partial charge in [-0.25, -0.2) is 0 Å². The SMILES string of the molecule is Cc1ccc(C(O)c2c(Cl)cccc2Cl)c(C)c1. The zero-order valence-electron chi connectivity index (χ0n) is 10.2. The molecule has 2 aromatic carbocycles. The standard InChI is InChI=1S/C15H14Cl2O/c1-9-6-7-11(10(2)8-9)15(18)14-12(16)4-3-5-13(14)17/h3-8,15,18H,1-2H3. The number of hydrogen-bond donors (Lipinski definition) is 1. The van der Waals surface area contributed by atoms with Gasteiger partial charge < -0.3 is 5.11 Å². The van der Waals surface area contributed by atoms with Gasteiger partial charge in [-0.15, -0.1) is 0 Å². The maximum Gasteiger partial charge on any atom is 0.107 e. The Bertz CT molecular complexity index is 558. The molecule has 2 aromatic rings. The summed E-state index contributed by atoms with van der Waals surface area (Å²) in [5.74, 6) is 0. The maximum absolute atomic E-state index is 10.5. The predicted molar refractivity (Wildman–Crippen MR) is 76.4 cm³/mol. The fraction of sp³-hybridized carbons (Fsp3) is 0.200. The second-order valence-electron chi connectivity index (χ2n) is 4.40. The molecule has 0 amide bonds. The highest BCUT2D eigenvalue weighted by Gasteiger charge is 2.18. The van der Waals surface area contributed by atoms with Crippen molar-refractivity contribution in [3.05, 3.63) is 68.7 Å². The van der Waals surface area contributed by atoms with Crippen LogP contribution in [0.15, 0.2) is 36.4 Å². The summed E-state index contributed by atoms with van der Waals surface area (Å²) < 4.78 is 0. The molecule has 0 bridgehead atoms. The van der Waals surface area contributed by atoms with E-state index in [1.165, 1.54) is 0 Å².